The van der Waals surface area contributed by atoms with Gasteiger partial charge in [0.15, 0.2) is 5.82 Å². The quantitative estimate of drug-likeness (QED) is 0.868. The zero-order valence-electron chi connectivity index (χ0n) is 13.6. The largest absolute Gasteiger partial charge is 0.322 e. The van der Waals surface area contributed by atoms with Gasteiger partial charge in [-0.25, -0.2) is 4.39 Å². The smallest absolute Gasteiger partial charge is 0.241 e. The van der Waals surface area contributed by atoms with E-state index in [-0.39, 0.29) is 23.6 Å². The normalized spacial score (nSPS) is 23.2. The van der Waals surface area contributed by atoms with Gasteiger partial charge in [0, 0.05) is 16.1 Å². The molecule has 2 N–H and O–H groups in total. The van der Waals surface area contributed by atoms with E-state index in [0.29, 0.717) is 22.1 Å². The molecule has 1 fully saturated rings. The van der Waals surface area contributed by atoms with Crippen molar-refractivity contribution in [1.82, 2.24) is 5.32 Å². The predicted molar refractivity (Wildman–Crippen MR) is 95.6 cm³/mol. The Kier molecular flexibility index (Phi) is 4.88. The second-order valence-corrected chi connectivity index (χ2v) is 6.77. The second-order valence-electron chi connectivity index (χ2n) is 6.36. The Bertz CT molecular complexity index is 765. The van der Waals surface area contributed by atoms with Crippen molar-refractivity contribution >= 4 is 23.2 Å². The standard InChI is InChI=1S/C19H20ClFN2O/c1-11-10-22-18(12(11)2)19(24)23-16-9-5-7-14(17(16)21)13-6-3-4-8-15(13)20/h3-9,11-12,18,22H,10H2,1-2H3,(H,23,24)/t11-,12-,18-/m0/s1. The van der Waals surface area contributed by atoms with Gasteiger partial charge >= 0.3 is 0 Å². The summed E-state index contributed by atoms with van der Waals surface area (Å²) < 4.78 is 14.9. The molecule has 0 aromatic heterocycles. The third-order valence-corrected chi connectivity index (χ3v) is 5.12. The zero-order valence-corrected chi connectivity index (χ0v) is 14.4. The number of carbonyl (C=O) groups is 1. The lowest BCUT2D eigenvalue weighted by atomic mass is 9.94. The average molecular weight is 347 g/mol. The molecule has 0 radical (unpaired) electrons. The molecule has 3 nitrogen and oxygen atoms in total. The zero-order chi connectivity index (χ0) is 17.3. The number of anilines is 1. The highest BCUT2D eigenvalue weighted by Crippen LogP contribution is 2.33. The molecule has 126 valence electrons. The molecule has 0 spiro atoms. The molecular weight excluding hydrogens is 327 g/mol. The number of amides is 1. The van der Waals surface area contributed by atoms with Crippen molar-refractivity contribution in [1.29, 1.82) is 0 Å². The van der Waals surface area contributed by atoms with Crippen molar-refractivity contribution in [3.05, 3.63) is 53.3 Å². The highest BCUT2D eigenvalue weighted by atomic mass is 35.5. The maximum Gasteiger partial charge on any atom is 0.241 e. The van der Waals surface area contributed by atoms with E-state index in [2.05, 4.69) is 17.6 Å². The first-order chi connectivity index (χ1) is 11.5. The monoisotopic (exact) mass is 346 g/mol. The van der Waals surface area contributed by atoms with Crippen LogP contribution >= 0.6 is 11.6 Å². The van der Waals surface area contributed by atoms with Gasteiger partial charge in [-0.05, 0) is 30.5 Å². The maximum absolute atomic E-state index is 14.9. The molecule has 24 heavy (non-hydrogen) atoms. The van der Waals surface area contributed by atoms with Gasteiger partial charge in [-0.3, -0.25) is 4.79 Å². The molecule has 1 aliphatic heterocycles. The Morgan fingerprint density at radius 3 is 2.54 bits per heavy atom. The fraction of sp³-hybridized carbons (Fsp3) is 0.316. The average Bonchev–Trinajstić information content (AvgIpc) is 2.90. The molecule has 0 bridgehead atoms. The predicted octanol–water partition coefficient (Wildman–Crippen LogP) is 4.33. The molecule has 0 saturated carbocycles. The summed E-state index contributed by atoms with van der Waals surface area (Å²) in [6.07, 6.45) is 0. The molecule has 1 saturated heterocycles. The van der Waals surface area contributed by atoms with Crippen molar-refractivity contribution in [3.8, 4) is 11.1 Å². The van der Waals surface area contributed by atoms with Crippen LogP contribution in [-0.2, 0) is 4.79 Å². The maximum atomic E-state index is 14.9. The van der Waals surface area contributed by atoms with Crippen LogP contribution in [0, 0.1) is 17.7 Å². The van der Waals surface area contributed by atoms with E-state index in [1.807, 2.05) is 6.92 Å². The van der Waals surface area contributed by atoms with Crippen LogP contribution in [0.2, 0.25) is 5.02 Å². The minimum Gasteiger partial charge on any atom is -0.322 e. The number of benzene rings is 2. The van der Waals surface area contributed by atoms with Gasteiger partial charge in [0.25, 0.3) is 0 Å². The molecule has 0 unspecified atom stereocenters. The third-order valence-electron chi connectivity index (χ3n) is 4.79. The molecule has 1 aliphatic rings. The summed E-state index contributed by atoms with van der Waals surface area (Å²) in [6, 6.07) is 11.7. The Morgan fingerprint density at radius 1 is 1.17 bits per heavy atom. The number of halogens is 2. The van der Waals surface area contributed by atoms with Crippen LogP contribution in [0.15, 0.2) is 42.5 Å². The van der Waals surface area contributed by atoms with E-state index < -0.39 is 5.82 Å². The fourth-order valence-corrected chi connectivity index (χ4v) is 3.31. The molecule has 0 aliphatic carbocycles. The summed E-state index contributed by atoms with van der Waals surface area (Å²) in [7, 11) is 0. The van der Waals surface area contributed by atoms with E-state index in [0.717, 1.165) is 6.54 Å². The van der Waals surface area contributed by atoms with E-state index in [1.54, 1.807) is 42.5 Å². The van der Waals surface area contributed by atoms with Crippen LogP contribution in [0.25, 0.3) is 11.1 Å². The number of carbonyl (C=O) groups excluding carboxylic acids is 1. The van der Waals surface area contributed by atoms with Crippen molar-refractivity contribution in [2.24, 2.45) is 11.8 Å². The summed E-state index contributed by atoms with van der Waals surface area (Å²) in [5.41, 5.74) is 1.15. The first-order valence-corrected chi connectivity index (χ1v) is 8.44. The lowest BCUT2D eigenvalue weighted by Crippen LogP contribution is -2.39. The SMILES string of the molecule is C[C@@H]1[C@@H](C(=O)Nc2cccc(-c3ccccc3Cl)c2F)NC[C@@H]1C. The van der Waals surface area contributed by atoms with Gasteiger partial charge in [0.2, 0.25) is 5.91 Å². The highest BCUT2D eigenvalue weighted by molar-refractivity contribution is 6.33. The van der Waals surface area contributed by atoms with Crippen LogP contribution in [0.3, 0.4) is 0 Å². The Hall–Kier alpha value is -1.91. The molecule has 3 rings (SSSR count). The van der Waals surface area contributed by atoms with E-state index in [9.17, 15) is 9.18 Å². The number of hydrogen-bond donors (Lipinski definition) is 2. The Balaban J connectivity index is 1.87. The molecule has 3 atom stereocenters. The van der Waals surface area contributed by atoms with Gasteiger partial charge in [-0.15, -0.1) is 0 Å². The minimum atomic E-state index is -0.474. The van der Waals surface area contributed by atoms with Crippen molar-refractivity contribution in [2.45, 2.75) is 19.9 Å². The molecule has 5 heteroatoms. The Labute approximate surface area is 146 Å². The number of hydrogen-bond acceptors (Lipinski definition) is 2. The van der Waals surface area contributed by atoms with Gasteiger partial charge in [-0.1, -0.05) is 55.8 Å². The first-order valence-electron chi connectivity index (χ1n) is 8.06. The van der Waals surface area contributed by atoms with Gasteiger partial charge in [0.1, 0.15) is 0 Å². The lowest BCUT2D eigenvalue weighted by molar-refractivity contribution is -0.118. The first kappa shape index (κ1) is 16.9. The lowest BCUT2D eigenvalue weighted by Gasteiger charge is -2.18. The van der Waals surface area contributed by atoms with Crippen molar-refractivity contribution in [2.75, 3.05) is 11.9 Å². The van der Waals surface area contributed by atoms with Crippen LogP contribution in [0.1, 0.15) is 13.8 Å². The second kappa shape index (κ2) is 6.91. The van der Waals surface area contributed by atoms with Crippen molar-refractivity contribution in [3.63, 3.8) is 0 Å². The van der Waals surface area contributed by atoms with E-state index >= 15 is 0 Å². The summed E-state index contributed by atoms with van der Waals surface area (Å²) in [5.74, 6) is -0.0559. The molecule has 1 amide bonds. The molecule has 2 aromatic rings. The minimum absolute atomic E-state index is 0.172. The third kappa shape index (κ3) is 3.17. The molecule has 2 aromatic carbocycles. The number of rotatable bonds is 3. The van der Waals surface area contributed by atoms with Gasteiger partial charge in [0.05, 0.1) is 11.7 Å². The summed E-state index contributed by atoms with van der Waals surface area (Å²) in [6.45, 7) is 4.93. The number of nitrogens with one attached hydrogen (secondary N) is 2. The highest BCUT2D eigenvalue weighted by Gasteiger charge is 2.34. The fourth-order valence-electron chi connectivity index (χ4n) is 3.07. The topological polar surface area (TPSA) is 41.1 Å². The summed E-state index contributed by atoms with van der Waals surface area (Å²) in [5, 5.41) is 6.38. The van der Waals surface area contributed by atoms with Crippen LogP contribution in [0.5, 0.6) is 0 Å². The molecule has 1 heterocycles. The summed E-state index contributed by atoms with van der Waals surface area (Å²) >= 11 is 6.16. The Morgan fingerprint density at radius 2 is 1.88 bits per heavy atom. The van der Waals surface area contributed by atoms with Crippen LogP contribution in [-0.4, -0.2) is 18.5 Å². The van der Waals surface area contributed by atoms with E-state index in [4.69, 9.17) is 11.6 Å². The van der Waals surface area contributed by atoms with Gasteiger partial charge < -0.3 is 10.6 Å². The van der Waals surface area contributed by atoms with Gasteiger partial charge in [-0.2, -0.15) is 0 Å². The van der Waals surface area contributed by atoms with Crippen LogP contribution in [0.4, 0.5) is 10.1 Å². The molecular formula is C19H20ClFN2O. The van der Waals surface area contributed by atoms with Crippen LogP contribution < -0.4 is 10.6 Å². The van der Waals surface area contributed by atoms with E-state index in [1.165, 1.54) is 0 Å². The van der Waals surface area contributed by atoms with Crippen molar-refractivity contribution < 1.29 is 9.18 Å². The summed E-state index contributed by atoms with van der Waals surface area (Å²) in [4.78, 5) is 12.5.